The Balaban J connectivity index is 2.11. The van der Waals surface area contributed by atoms with Crippen LogP contribution >= 0.6 is 0 Å². The van der Waals surface area contributed by atoms with Crippen LogP contribution in [0.25, 0.3) is 10.9 Å². The highest BCUT2D eigenvalue weighted by atomic mass is 16.5. The first-order valence-corrected chi connectivity index (χ1v) is 5.75. The first-order valence-electron chi connectivity index (χ1n) is 5.75. The van der Waals surface area contributed by atoms with Gasteiger partial charge < -0.3 is 14.2 Å². The fourth-order valence-electron chi connectivity index (χ4n) is 2.11. The summed E-state index contributed by atoms with van der Waals surface area (Å²) < 4.78 is 6.72. The van der Waals surface area contributed by atoms with Gasteiger partial charge in [-0.15, -0.1) is 0 Å². The van der Waals surface area contributed by atoms with Crippen LogP contribution in [0.2, 0.25) is 0 Å². The number of rotatable bonds is 3. The van der Waals surface area contributed by atoms with Crippen LogP contribution < -0.4 is 0 Å². The molecule has 19 heavy (non-hydrogen) atoms. The lowest BCUT2D eigenvalue weighted by Gasteiger charge is -2.00. The summed E-state index contributed by atoms with van der Waals surface area (Å²) in [7, 11) is 0. The summed E-state index contributed by atoms with van der Waals surface area (Å²) in [5.41, 5.74) is 1.11. The Morgan fingerprint density at radius 3 is 2.89 bits per heavy atom. The van der Waals surface area contributed by atoms with E-state index >= 15 is 0 Å². The van der Waals surface area contributed by atoms with E-state index in [-0.39, 0.29) is 5.56 Å². The molecule has 0 aliphatic carbocycles. The van der Waals surface area contributed by atoms with E-state index in [0.717, 1.165) is 5.52 Å². The van der Waals surface area contributed by atoms with Crippen LogP contribution in [0.1, 0.15) is 22.1 Å². The highest BCUT2D eigenvalue weighted by Gasteiger charge is 2.14. The van der Waals surface area contributed by atoms with E-state index in [1.165, 1.54) is 0 Å². The number of hydrogen-bond donors (Lipinski definition) is 1. The Hall–Kier alpha value is -2.63. The van der Waals surface area contributed by atoms with Crippen molar-refractivity contribution in [1.82, 2.24) is 14.7 Å². The van der Waals surface area contributed by atoms with Crippen molar-refractivity contribution in [2.24, 2.45) is 0 Å². The lowest BCUT2D eigenvalue weighted by atomic mass is 10.2. The van der Waals surface area contributed by atoms with Crippen LogP contribution in [-0.2, 0) is 6.54 Å². The van der Waals surface area contributed by atoms with Crippen molar-refractivity contribution in [2.75, 3.05) is 0 Å². The quantitative estimate of drug-likeness (QED) is 0.776. The number of para-hydroxylation sites is 1. The molecule has 2 heterocycles. The van der Waals surface area contributed by atoms with Gasteiger partial charge in [-0.2, -0.15) is 4.98 Å². The summed E-state index contributed by atoms with van der Waals surface area (Å²) >= 11 is 0. The van der Waals surface area contributed by atoms with Crippen molar-refractivity contribution in [3.63, 3.8) is 0 Å². The van der Waals surface area contributed by atoms with Crippen LogP contribution in [0, 0.1) is 6.92 Å². The van der Waals surface area contributed by atoms with Crippen LogP contribution in [-0.4, -0.2) is 25.8 Å². The molecule has 1 N–H and O–H groups in total. The summed E-state index contributed by atoms with van der Waals surface area (Å²) in [6, 6.07) is 7.34. The fourth-order valence-corrected chi connectivity index (χ4v) is 2.11. The van der Waals surface area contributed by atoms with Crippen molar-refractivity contribution in [1.29, 1.82) is 0 Å². The number of fused-ring (bicyclic) bond motifs is 1. The molecule has 0 aliphatic heterocycles. The van der Waals surface area contributed by atoms with Gasteiger partial charge in [0, 0.05) is 24.0 Å². The highest BCUT2D eigenvalue weighted by Crippen LogP contribution is 2.21. The van der Waals surface area contributed by atoms with Crippen LogP contribution in [0.3, 0.4) is 0 Å². The SMILES string of the molecule is Cc1nc(Cn2cc(C(=O)O)c3ccccc32)no1. The van der Waals surface area contributed by atoms with E-state index in [0.29, 0.717) is 23.6 Å². The largest absolute Gasteiger partial charge is 0.478 e. The monoisotopic (exact) mass is 257 g/mol. The summed E-state index contributed by atoms with van der Waals surface area (Å²) in [6.45, 7) is 2.10. The zero-order valence-electron chi connectivity index (χ0n) is 10.2. The first kappa shape index (κ1) is 11.5. The predicted octanol–water partition coefficient (Wildman–Crippen LogP) is 2.08. The summed E-state index contributed by atoms with van der Waals surface area (Å²) in [5, 5.41) is 13.7. The molecular weight excluding hydrogens is 246 g/mol. The Kier molecular flexibility index (Phi) is 2.56. The van der Waals surface area contributed by atoms with Crippen LogP contribution in [0.4, 0.5) is 0 Å². The standard InChI is InChI=1S/C13H11N3O3/c1-8-14-12(15-19-8)7-16-6-10(13(17)18)9-4-2-3-5-11(9)16/h2-6H,7H2,1H3,(H,17,18). The normalized spacial score (nSPS) is 11.0. The Morgan fingerprint density at radius 1 is 1.42 bits per heavy atom. The van der Waals surface area contributed by atoms with Crippen molar-refractivity contribution in [3.05, 3.63) is 47.7 Å². The third kappa shape index (κ3) is 1.97. The Labute approximate surface area is 108 Å². The number of benzene rings is 1. The number of aryl methyl sites for hydroxylation is 1. The molecule has 96 valence electrons. The molecule has 0 aliphatic rings. The lowest BCUT2D eigenvalue weighted by molar-refractivity contribution is 0.0699. The molecule has 0 radical (unpaired) electrons. The molecule has 2 aromatic heterocycles. The molecule has 6 nitrogen and oxygen atoms in total. The molecule has 3 aromatic rings. The Morgan fingerprint density at radius 2 is 2.21 bits per heavy atom. The van der Waals surface area contributed by atoms with Gasteiger partial charge in [0.15, 0.2) is 5.82 Å². The van der Waals surface area contributed by atoms with Crippen molar-refractivity contribution >= 4 is 16.9 Å². The van der Waals surface area contributed by atoms with Gasteiger partial charge in [0.25, 0.3) is 0 Å². The predicted molar refractivity (Wildman–Crippen MR) is 67.0 cm³/mol. The molecule has 0 spiro atoms. The van der Waals surface area contributed by atoms with Gasteiger partial charge in [0.05, 0.1) is 12.1 Å². The number of nitrogens with zero attached hydrogens (tertiary/aromatic N) is 3. The number of carboxylic acids is 1. The maximum Gasteiger partial charge on any atom is 0.337 e. The molecule has 0 unspecified atom stereocenters. The van der Waals surface area contributed by atoms with E-state index in [9.17, 15) is 9.90 Å². The van der Waals surface area contributed by atoms with Crippen LogP contribution in [0.15, 0.2) is 35.0 Å². The maximum atomic E-state index is 11.2. The van der Waals surface area contributed by atoms with E-state index in [1.54, 1.807) is 19.2 Å². The van der Waals surface area contributed by atoms with Crippen molar-refractivity contribution in [2.45, 2.75) is 13.5 Å². The molecule has 3 rings (SSSR count). The molecular formula is C13H11N3O3. The molecule has 0 saturated carbocycles. The zero-order valence-corrected chi connectivity index (χ0v) is 10.2. The van der Waals surface area contributed by atoms with Crippen molar-refractivity contribution < 1.29 is 14.4 Å². The minimum absolute atomic E-state index is 0.274. The average molecular weight is 257 g/mol. The fraction of sp³-hybridized carbons (Fsp3) is 0.154. The number of aromatic carboxylic acids is 1. The number of carbonyl (C=O) groups is 1. The first-order chi connectivity index (χ1) is 9.15. The second-order valence-corrected chi connectivity index (χ2v) is 4.22. The number of carboxylic acid groups (broad SMARTS) is 1. The molecule has 0 bridgehead atoms. The smallest absolute Gasteiger partial charge is 0.337 e. The third-order valence-corrected chi connectivity index (χ3v) is 2.90. The summed E-state index contributed by atoms with van der Waals surface area (Å²) in [5.74, 6) is 0.0688. The highest BCUT2D eigenvalue weighted by molar-refractivity contribution is 6.03. The minimum atomic E-state index is -0.945. The average Bonchev–Trinajstić information content (AvgIpc) is 2.95. The molecule has 0 amide bonds. The number of aromatic nitrogens is 3. The maximum absolute atomic E-state index is 11.2. The van der Waals surface area contributed by atoms with Gasteiger partial charge in [-0.25, -0.2) is 4.79 Å². The number of hydrogen-bond acceptors (Lipinski definition) is 4. The van der Waals surface area contributed by atoms with Crippen LogP contribution in [0.5, 0.6) is 0 Å². The third-order valence-electron chi connectivity index (χ3n) is 2.90. The molecule has 0 atom stereocenters. The second kappa shape index (κ2) is 4.24. The molecule has 1 aromatic carbocycles. The van der Waals surface area contributed by atoms with Gasteiger partial charge in [-0.05, 0) is 6.07 Å². The molecule has 6 heteroatoms. The minimum Gasteiger partial charge on any atom is -0.478 e. The van der Waals surface area contributed by atoms with E-state index in [4.69, 9.17) is 4.52 Å². The topological polar surface area (TPSA) is 81.2 Å². The van der Waals surface area contributed by atoms with E-state index < -0.39 is 5.97 Å². The Bertz CT molecular complexity index is 757. The van der Waals surface area contributed by atoms with Gasteiger partial charge in [-0.3, -0.25) is 0 Å². The van der Waals surface area contributed by atoms with Gasteiger partial charge in [0.1, 0.15) is 0 Å². The van der Waals surface area contributed by atoms with E-state index in [2.05, 4.69) is 10.1 Å². The van der Waals surface area contributed by atoms with Crippen molar-refractivity contribution in [3.8, 4) is 0 Å². The van der Waals surface area contributed by atoms with Gasteiger partial charge >= 0.3 is 5.97 Å². The van der Waals surface area contributed by atoms with Gasteiger partial charge in [0.2, 0.25) is 5.89 Å². The summed E-state index contributed by atoms with van der Waals surface area (Å²) in [4.78, 5) is 15.3. The zero-order chi connectivity index (χ0) is 13.4. The lowest BCUT2D eigenvalue weighted by Crippen LogP contribution is -2.00. The molecule has 0 saturated heterocycles. The van der Waals surface area contributed by atoms with E-state index in [1.807, 2.05) is 22.8 Å². The second-order valence-electron chi connectivity index (χ2n) is 4.22. The molecule has 0 fully saturated rings. The van der Waals surface area contributed by atoms with Gasteiger partial charge in [-0.1, -0.05) is 23.4 Å². The summed E-state index contributed by atoms with van der Waals surface area (Å²) in [6.07, 6.45) is 1.60.